The molecule has 0 heterocycles. The quantitative estimate of drug-likeness (QED) is 0.511. The van der Waals surface area contributed by atoms with Gasteiger partial charge in [-0.05, 0) is 18.4 Å². The van der Waals surface area contributed by atoms with Gasteiger partial charge in [-0.15, -0.1) is 0 Å². The molecule has 0 amide bonds. The third-order valence-corrected chi connectivity index (χ3v) is 2.73. The Morgan fingerprint density at radius 2 is 1.94 bits per heavy atom. The van der Waals surface area contributed by atoms with Crippen molar-refractivity contribution in [1.29, 1.82) is 0 Å². The maximum atomic E-state index is 11.8. The molecule has 0 bridgehead atoms. The highest BCUT2D eigenvalue weighted by Crippen LogP contribution is 2.25. The molecule has 2 rings (SSSR count). The number of fused-ring (bicyclic) bond motifs is 1. The number of allylic oxidation sites excluding steroid dienone is 1. The molecule has 3 nitrogen and oxygen atoms in total. The van der Waals surface area contributed by atoms with Gasteiger partial charge in [-0.25, -0.2) is 4.79 Å². The van der Waals surface area contributed by atoms with Crippen LogP contribution in [0.4, 0.5) is 0 Å². The van der Waals surface area contributed by atoms with Crippen LogP contribution in [0.15, 0.2) is 54.1 Å². The molecule has 3 heteroatoms. The monoisotopic (exact) mass is 242 g/mol. The molecule has 0 fully saturated rings. The highest BCUT2D eigenvalue weighted by Gasteiger charge is 2.11. The SMILES string of the molecule is C/C=C(\CO)C(=O)Oc1cccc2ccccc12. The Balaban J connectivity index is 2.35. The van der Waals surface area contributed by atoms with E-state index >= 15 is 0 Å². The van der Waals surface area contributed by atoms with E-state index in [0.29, 0.717) is 5.75 Å². The van der Waals surface area contributed by atoms with Crippen molar-refractivity contribution in [3.05, 3.63) is 54.1 Å². The maximum Gasteiger partial charge on any atom is 0.341 e. The fraction of sp³-hybridized carbons (Fsp3) is 0.133. The smallest absolute Gasteiger partial charge is 0.341 e. The summed E-state index contributed by atoms with van der Waals surface area (Å²) in [4.78, 5) is 11.8. The molecule has 0 saturated heterocycles. The van der Waals surface area contributed by atoms with Crippen LogP contribution in [0, 0.1) is 0 Å². The van der Waals surface area contributed by atoms with Gasteiger partial charge >= 0.3 is 5.97 Å². The third-order valence-electron chi connectivity index (χ3n) is 2.73. The Morgan fingerprint density at radius 1 is 1.22 bits per heavy atom. The fourth-order valence-corrected chi connectivity index (χ4v) is 1.72. The van der Waals surface area contributed by atoms with Gasteiger partial charge in [-0.3, -0.25) is 0 Å². The summed E-state index contributed by atoms with van der Waals surface area (Å²) in [5, 5.41) is 10.9. The predicted octanol–water partition coefficient (Wildman–Crippen LogP) is 2.68. The standard InChI is InChI=1S/C15H14O3/c1-2-11(10-16)15(17)18-14-9-5-7-12-6-3-4-8-13(12)14/h2-9,16H,10H2,1H3/b11-2+. The fourth-order valence-electron chi connectivity index (χ4n) is 1.72. The van der Waals surface area contributed by atoms with Crippen LogP contribution < -0.4 is 4.74 Å². The van der Waals surface area contributed by atoms with Gasteiger partial charge in [0, 0.05) is 5.39 Å². The second kappa shape index (κ2) is 5.47. The summed E-state index contributed by atoms with van der Waals surface area (Å²) in [6, 6.07) is 13.2. The molecule has 0 atom stereocenters. The van der Waals surface area contributed by atoms with Gasteiger partial charge in [0.2, 0.25) is 0 Å². The number of carbonyl (C=O) groups excluding carboxylic acids is 1. The molecule has 0 unspecified atom stereocenters. The lowest BCUT2D eigenvalue weighted by Gasteiger charge is -2.08. The normalized spacial score (nSPS) is 11.6. The Morgan fingerprint density at radius 3 is 2.67 bits per heavy atom. The van der Waals surface area contributed by atoms with Crippen LogP contribution >= 0.6 is 0 Å². The highest BCUT2D eigenvalue weighted by molar-refractivity contribution is 5.95. The maximum absolute atomic E-state index is 11.8. The van der Waals surface area contributed by atoms with Crippen LogP contribution in [0.1, 0.15) is 6.92 Å². The number of hydrogen-bond donors (Lipinski definition) is 1. The summed E-state index contributed by atoms with van der Waals surface area (Å²) >= 11 is 0. The van der Waals surface area contributed by atoms with Gasteiger partial charge in [-0.2, -0.15) is 0 Å². The lowest BCUT2D eigenvalue weighted by atomic mass is 10.1. The van der Waals surface area contributed by atoms with Crippen molar-refractivity contribution < 1.29 is 14.6 Å². The van der Waals surface area contributed by atoms with E-state index in [1.165, 1.54) is 0 Å². The number of aliphatic hydroxyl groups is 1. The number of rotatable bonds is 3. The van der Waals surface area contributed by atoms with Gasteiger partial charge in [0.15, 0.2) is 0 Å². The van der Waals surface area contributed by atoms with E-state index in [2.05, 4.69) is 0 Å². The van der Waals surface area contributed by atoms with E-state index in [4.69, 9.17) is 9.84 Å². The van der Waals surface area contributed by atoms with Gasteiger partial charge in [0.05, 0.1) is 12.2 Å². The van der Waals surface area contributed by atoms with Crippen molar-refractivity contribution in [3.8, 4) is 5.75 Å². The van der Waals surface area contributed by atoms with E-state index in [1.807, 2.05) is 36.4 Å². The largest absolute Gasteiger partial charge is 0.422 e. The minimum Gasteiger partial charge on any atom is -0.422 e. The molecule has 0 aromatic heterocycles. The molecule has 0 aliphatic heterocycles. The summed E-state index contributed by atoms with van der Waals surface area (Å²) < 4.78 is 5.30. The third kappa shape index (κ3) is 2.41. The van der Waals surface area contributed by atoms with E-state index in [-0.39, 0.29) is 12.2 Å². The van der Waals surface area contributed by atoms with E-state index < -0.39 is 5.97 Å². The van der Waals surface area contributed by atoms with Crippen LogP contribution in [-0.4, -0.2) is 17.7 Å². The number of benzene rings is 2. The molecular formula is C15H14O3. The van der Waals surface area contributed by atoms with Crippen molar-refractivity contribution in [2.75, 3.05) is 6.61 Å². The second-order valence-corrected chi connectivity index (χ2v) is 3.84. The van der Waals surface area contributed by atoms with Crippen molar-refractivity contribution in [3.63, 3.8) is 0 Å². The van der Waals surface area contributed by atoms with Crippen molar-refractivity contribution in [2.45, 2.75) is 6.92 Å². The average molecular weight is 242 g/mol. The van der Waals surface area contributed by atoms with Gasteiger partial charge in [0.25, 0.3) is 0 Å². The lowest BCUT2D eigenvalue weighted by Crippen LogP contribution is -2.13. The zero-order valence-corrected chi connectivity index (χ0v) is 10.1. The molecule has 0 spiro atoms. The molecule has 92 valence electrons. The van der Waals surface area contributed by atoms with E-state index in [9.17, 15) is 4.79 Å². The average Bonchev–Trinajstić information content (AvgIpc) is 2.40. The first-order valence-corrected chi connectivity index (χ1v) is 5.72. The topological polar surface area (TPSA) is 46.5 Å². The molecular weight excluding hydrogens is 228 g/mol. The minimum absolute atomic E-state index is 0.253. The van der Waals surface area contributed by atoms with Gasteiger partial charge < -0.3 is 9.84 Å². The molecule has 2 aromatic carbocycles. The second-order valence-electron chi connectivity index (χ2n) is 3.84. The molecule has 0 saturated carbocycles. The number of aliphatic hydroxyl groups excluding tert-OH is 1. The zero-order chi connectivity index (χ0) is 13.0. The van der Waals surface area contributed by atoms with Crippen LogP contribution in [-0.2, 0) is 4.79 Å². The van der Waals surface area contributed by atoms with Crippen molar-refractivity contribution in [1.82, 2.24) is 0 Å². The van der Waals surface area contributed by atoms with Crippen molar-refractivity contribution in [2.24, 2.45) is 0 Å². The molecule has 0 aliphatic rings. The van der Waals surface area contributed by atoms with E-state index in [0.717, 1.165) is 10.8 Å². The lowest BCUT2D eigenvalue weighted by molar-refractivity contribution is -0.130. The summed E-state index contributed by atoms with van der Waals surface area (Å²) in [5.41, 5.74) is 0.253. The first kappa shape index (κ1) is 12.3. The van der Waals surface area contributed by atoms with E-state index in [1.54, 1.807) is 19.1 Å². The molecule has 0 radical (unpaired) electrons. The van der Waals surface area contributed by atoms with Crippen LogP contribution in [0.3, 0.4) is 0 Å². The molecule has 0 aliphatic carbocycles. The molecule has 1 N–H and O–H groups in total. The first-order chi connectivity index (χ1) is 8.76. The summed E-state index contributed by atoms with van der Waals surface area (Å²) in [6.45, 7) is 1.37. The predicted molar refractivity (Wildman–Crippen MR) is 70.4 cm³/mol. The number of ether oxygens (including phenoxy) is 1. The summed E-state index contributed by atoms with van der Waals surface area (Å²) in [6.07, 6.45) is 1.55. The summed E-state index contributed by atoms with van der Waals surface area (Å²) in [7, 11) is 0. The number of carbonyl (C=O) groups is 1. The Bertz CT molecular complexity index is 594. The van der Waals surface area contributed by atoms with Crippen LogP contribution in [0.25, 0.3) is 10.8 Å². The zero-order valence-electron chi connectivity index (χ0n) is 10.1. The van der Waals surface area contributed by atoms with Gasteiger partial charge in [-0.1, -0.05) is 42.5 Å². The van der Waals surface area contributed by atoms with Crippen LogP contribution in [0.2, 0.25) is 0 Å². The highest BCUT2D eigenvalue weighted by atomic mass is 16.5. The summed E-state index contributed by atoms with van der Waals surface area (Å²) in [5.74, 6) is -0.0118. The number of esters is 1. The minimum atomic E-state index is -0.517. The molecule has 2 aromatic rings. The number of hydrogen-bond acceptors (Lipinski definition) is 3. The Hall–Kier alpha value is -2.13. The Labute approximate surface area is 105 Å². The first-order valence-electron chi connectivity index (χ1n) is 5.72. The molecule has 18 heavy (non-hydrogen) atoms. The Kier molecular flexibility index (Phi) is 3.75. The van der Waals surface area contributed by atoms with Crippen LogP contribution in [0.5, 0.6) is 5.75 Å². The van der Waals surface area contributed by atoms with Gasteiger partial charge in [0.1, 0.15) is 5.75 Å². The van der Waals surface area contributed by atoms with Crippen molar-refractivity contribution >= 4 is 16.7 Å².